The summed E-state index contributed by atoms with van der Waals surface area (Å²) in [6.07, 6.45) is 3.39. The summed E-state index contributed by atoms with van der Waals surface area (Å²) in [7, 11) is 0. The molecular formula is C21H19N3O2. The van der Waals surface area contributed by atoms with Gasteiger partial charge < -0.3 is 10.6 Å². The van der Waals surface area contributed by atoms with Crippen LogP contribution in [0.4, 0.5) is 5.69 Å². The van der Waals surface area contributed by atoms with Gasteiger partial charge in [-0.1, -0.05) is 18.2 Å². The minimum absolute atomic E-state index is 0.195. The molecule has 0 atom stereocenters. The number of rotatable bonds is 5. The molecule has 1 aromatic heterocycles. The number of benzene rings is 2. The quantitative estimate of drug-likeness (QED) is 0.742. The van der Waals surface area contributed by atoms with Gasteiger partial charge in [0, 0.05) is 35.8 Å². The van der Waals surface area contributed by atoms with Crippen molar-refractivity contribution in [2.24, 2.45) is 0 Å². The predicted molar refractivity (Wildman–Crippen MR) is 101 cm³/mol. The molecule has 26 heavy (non-hydrogen) atoms. The third-order valence-corrected chi connectivity index (χ3v) is 3.86. The van der Waals surface area contributed by atoms with Crippen molar-refractivity contribution in [3.8, 4) is 0 Å². The van der Waals surface area contributed by atoms with Crippen LogP contribution in [0.2, 0.25) is 0 Å². The Morgan fingerprint density at radius 2 is 1.65 bits per heavy atom. The van der Waals surface area contributed by atoms with Crippen molar-refractivity contribution in [1.29, 1.82) is 0 Å². The normalized spacial score (nSPS) is 10.2. The van der Waals surface area contributed by atoms with Gasteiger partial charge in [-0.3, -0.25) is 14.6 Å². The van der Waals surface area contributed by atoms with Crippen LogP contribution in [-0.4, -0.2) is 16.8 Å². The highest BCUT2D eigenvalue weighted by Gasteiger charge is 2.09. The van der Waals surface area contributed by atoms with Crippen LogP contribution in [0.3, 0.4) is 0 Å². The Morgan fingerprint density at radius 3 is 2.31 bits per heavy atom. The molecular weight excluding hydrogens is 326 g/mol. The highest BCUT2D eigenvalue weighted by atomic mass is 16.2. The fourth-order valence-corrected chi connectivity index (χ4v) is 2.49. The molecule has 2 aromatic carbocycles. The number of pyridine rings is 1. The van der Waals surface area contributed by atoms with Gasteiger partial charge in [-0.15, -0.1) is 0 Å². The lowest BCUT2D eigenvalue weighted by molar-refractivity contribution is 0.0949. The largest absolute Gasteiger partial charge is 0.348 e. The molecule has 5 nitrogen and oxygen atoms in total. The summed E-state index contributed by atoms with van der Waals surface area (Å²) < 4.78 is 0. The maximum Gasteiger partial charge on any atom is 0.255 e. The minimum atomic E-state index is -0.210. The molecule has 130 valence electrons. The lowest BCUT2D eigenvalue weighted by atomic mass is 10.1. The van der Waals surface area contributed by atoms with Crippen LogP contribution in [0.5, 0.6) is 0 Å². The van der Waals surface area contributed by atoms with Crippen LogP contribution < -0.4 is 10.6 Å². The number of anilines is 1. The van der Waals surface area contributed by atoms with Gasteiger partial charge in [-0.05, 0) is 60.5 Å². The molecule has 0 saturated carbocycles. The number of carbonyl (C=O) groups excluding carboxylic acids is 2. The zero-order valence-electron chi connectivity index (χ0n) is 14.4. The Bertz CT molecular complexity index is 906. The van der Waals surface area contributed by atoms with Crippen LogP contribution in [-0.2, 0) is 6.54 Å². The molecule has 5 heteroatoms. The van der Waals surface area contributed by atoms with Crippen molar-refractivity contribution < 1.29 is 9.59 Å². The smallest absolute Gasteiger partial charge is 0.255 e. The van der Waals surface area contributed by atoms with Crippen molar-refractivity contribution in [3.63, 3.8) is 0 Å². The van der Waals surface area contributed by atoms with Crippen LogP contribution >= 0.6 is 0 Å². The predicted octanol–water partition coefficient (Wildman–Crippen LogP) is 3.57. The molecule has 0 unspecified atom stereocenters. The summed E-state index contributed by atoms with van der Waals surface area (Å²) in [5.41, 5.74) is 3.74. The number of nitrogens with one attached hydrogen (secondary N) is 2. The highest BCUT2D eigenvalue weighted by molar-refractivity contribution is 6.05. The molecule has 0 aliphatic rings. The number of hydrogen-bond acceptors (Lipinski definition) is 3. The molecule has 0 saturated heterocycles. The van der Waals surface area contributed by atoms with Gasteiger partial charge in [0.15, 0.2) is 0 Å². The van der Waals surface area contributed by atoms with Crippen LogP contribution in [0.25, 0.3) is 0 Å². The summed E-state index contributed by atoms with van der Waals surface area (Å²) in [4.78, 5) is 28.5. The van der Waals surface area contributed by atoms with Crippen molar-refractivity contribution in [1.82, 2.24) is 10.3 Å². The van der Waals surface area contributed by atoms with E-state index in [0.717, 1.165) is 16.8 Å². The van der Waals surface area contributed by atoms with Gasteiger partial charge in [0.1, 0.15) is 0 Å². The van der Waals surface area contributed by atoms with Crippen molar-refractivity contribution >= 4 is 17.5 Å². The molecule has 0 aliphatic carbocycles. The second kappa shape index (κ2) is 8.07. The van der Waals surface area contributed by atoms with E-state index in [-0.39, 0.29) is 11.8 Å². The van der Waals surface area contributed by atoms with Crippen LogP contribution in [0.1, 0.15) is 31.8 Å². The second-order valence-electron chi connectivity index (χ2n) is 5.94. The molecule has 2 N–H and O–H groups in total. The first-order valence-corrected chi connectivity index (χ1v) is 8.27. The lowest BCUT2D eigenvalue weighted by Gasteiger charge is -2.08. The van der Waals surface area contributed by atoms with Gasteiger partial charge >= 0.3 is 0 Å². The van der Waals surface area contributed by atoms with Crippen molar-refractivity contribution in [3.05, 3.63) is 95.3 Å². The minimum Gasteiger partial charge on any atom is -0.348 e. The Labute approximate surface area is 152 Å². The van der Waals surface area contributed by atoms with Gasteiger partial charge in [0.25, 0.3) is 11.8 Å². The number of amides is 2. The molecule has 0 aliphatic heterocycles. The second-order valence-corrected chi connectivity index (χ2v) is 5.94. The monoisotopic (exact) mass is 345 g/mol. The Morgan fingerprint density at radius 1 is 0.923 bits per heavy atom. The number of aromatic nitrogens is 1. The molecule has 3 rings (SSSR count). The molecule has 0 spiro atoms. The molecule has 1 heterocycles. The van der Waals surface area contributed by atoms with E-state index in [9.17, 15) is 9.59 Å². The van der Waals surface area contributed by atoms with E-state index in [1.54, 1.807) is 36.7 Å². The lowest BCUT2D eigenvalue weighted by Crippen LogP contribution is -2.23. The molecule has 0 fully saturated rings. The van der Waals surface area contributed by atoms with E-state index in [1.165, 1.54) is 0 Å². The average molecular weight is 345 g/mol. The highest BCUT2D eigenvalue weighted by Crippen LogP contribution is 2.12. The van der Waals surface area contributed by atoms with E-state index < -0.39 is 0 Å². The maximum atomic E-state index is 12.3. The van der Waals surface area contributed by atoms with E-state index >= 15 is 0 Å². The number of nitrogens with zero attached hydrogens (tertiary/aromatic N) is 1. The first-order valence-electron chi connectivity index (χ1n) is 8.27. The average Bonchev–Trinajstić information content (AvgIpc) is 2.67. The third kappa shape index (κ3) is 4.54. The van der Waals surface area contributed by atoms with Gasteiger partial charge in [0.05, 0.1) is 0 Å². The van der Waals surface area contributed by atoms with E-state index in [4.69, 9.17) is 0 Å². The van der Waals surface area contributed by atoms with Crippen molar-refractivity contribution in [2.45, 2.75) is 13.5 Å². The van der Waals surface area contributed by atoms with Gasteiger partial charge in [-0.2, -0.15) is 0 Å². The third-order valence-electron chi connectivity index (χ3n) is 3.86. The number of hydrogen-bond donors (Lipinski definition) is 2. The fraction of sp³-hybridized carbons (Fsp3) is 0.0952. The van der Waals surface area contributed by atoms with Gasteiger partial charge in [-0.25, -0.2) is 0 Å². The zero-order valence-corrected chi connectivity index (χ0v) is 14.4. The van der Waals surface area contributed by atoms with E-state index in [0.29, 0.717) is 17.7 Å². The standard InChI is InChI=1S/C21H19N3O2/c1-15-4-2-6-19(12-15)24-21(26)18-9-7-17(8-10-18)20(25)23-14-16-5-3-11-22-13-16/h2-13H,14H2,1H3,(H,23,25)(H,24,26). The first kappa shape index (κ1) is 17.4. The SMILES string of the molecule is Cc1cccc(NC(=O)c2ccc(C(=O)NCc3cccnc3)cc2)c1. The Kier molecular flexibility index (Phi) is 5.39. The topological polar surface area (TPSA) is 71.1 Å². The molecule has 3 aromatic rings. The van der Waals surface area contributed by atoms with Crippen LogP contribution in [0.15, 0.2) is 73.1 Å². The number of aryl methyl sites for hydroxylation is 1. The summed E-state index contributed by atoms with van der Waals surface area (Å²) in [5, 5.41) is 5.68. The van der Waals surface area contributed by atoms with E-state index in [1.807, 2.05) is 43.3 Å². The summed E-state index contributed by atoms with van der Waals surface area (Å²) in [6, 6.07) is 17.9. The first-order chi connectivity index (χ1) is 12.6. The molecule has 0 radical (unpaired) electrons. The van der Waals surface area contributed by atoms with Gasteiger partial charge in [0.2, 0.25) is 0 Å². The Balaban J connectivity index is 1.60. The van der Waals surface area contributed by atoms with Crippen LogP contribution in [0, 0.1) is 6.92 Å². The van der Waals surface area contributed by atoms with E-state index in [2.05, 4.69) is 15.6 Å². The summed E-state index contributed by atoms with van der Waals surface area (Å²) >= 11 is 0. The summed E-state index contributed by atoms with van der Waals surface area (Å²) in [6.45, 7) is 2.37. The molecule has 0 bridgehead atoms. The Hall–Kier alpha value is -3.47. The summed E-state index contributed by atoms with van der Waals surface area (Å²) in [5.74, 6) is -0.405. The van der Waals surface area contributed by atoms with Crippen molar-refractivity contribution in [2.75, 3.05) is 5.32 Å². The fourth-order valence-electron chi connectivity index (χ4n) is 2.49. The zero-order chi connectivity index (χ0) is 18.4. The molecule has 2 amide bonds. The number of carbonyl (C=O) groups is 2. The maximum absolute atomic E-state index is 12.3.